The number of carbonyl (C=O) groups is 1. The highest BCUT2D eigenvalue weighted by Gasteiger charge is 2.29. The van der Waals surface area contributed by atoms with E-state index in [4.69, 9.17) is 11.6 Å². The molecule has 1 aliphatic heterocycles. The topological polar surface area (TPSA) is 61.8 Å². The van der Waals surface area contributed by atoms with Crippen molar-refractivity contribution >= 4 is 23.3 Å². The standard InChI is InChI=1S/C15H19ClF2N2O3/c1-9(21)7-11-3-2-6-20(11)15(22)19-10-4-5-12(16)13(8-10)23-14(17)18/h4-5,8-9,11,14,21H,2-3,6-7H2,1H3,(H,19,22)/t9-,11+/m0/s1. The van der Waals surface area contributed by atoms with Crippen molar-refractivity contribution < 1.29 is 23.4 Å². The molecule has 2 amide bonds. The van der Waals surface area contributed by atoms with E-state index in [0.717, 1.165) is 12.8 Å². The van der Waals surface area contributed by atoms with E-state index in [1.165, 1.54) is 18.2 Å². The smallest absolute Gasteiger partial charge is 0.387 e. The van der Waals surface area contributed by atoms with Crippen LogP contribution in [-0.4, -0.2) is 41.3 Å². The molecule has 2 N–H and O–H groups in total. The van der Waals surface area contributed by atoms with E-state index in [-0.39, 0.29) is 22.8 Å². The average Bonchev–Trinajstić information content (AvgIpc) is 2.89. The molecule has 1 fully saturated rings. The van der Waals surface area contributed by atoms with E-state index in [1.54, 1.807) is 11.8 Å². The van der Waals surface area contributed by atoms with Gasteiger partial charge in [-0.1, -0.05) is 11.6 Å². The molecule has 2 atom stereocenters. The van der Waals surface area contributed by atoms with Crippen LogP contribution in [0.15, 0.2) is 18.2 Å². The Hall–Kier alpha value is -1.60. The zero-order chi connectivity index (χ0) is 17.0. The summed E-state index contributed by atoms with van der Waals surface area (Å²) in [6.07, 6.45) is 1.72. The van der Waals surface area contributed by atoms with Gasteiger partial charge in [0, 0.05) is 24.3 Å². The number of nitrogens with one attached hydrogen (secondary N) is 1. The van der Waals surface area contributed by atoms with Gasteiger partial charge in [-0.2, -0.15) is 8.78 Å². The van der Waals surface area contributed by atoms with Crippen molar-refractivity contribution in [1.82, 2.24) is 4.90 Å². The van der Waals surface area contributed by atoms with Crippen LogP contribution in [0, 0.1) is 0 Å². The molecule has 0 saturated carbocycles. The van der Waals surface area contributed by atoms with Gasteiger partial charge in [0.2, 0.25) is 0 Å². The maximum Gasteiger partial charge on any atom is 0.387 e. The number of amides is 2. The number of rotatable bonds is 5. The van der Waals surface area contributed by atoms with Crippen molar-refractivity contribution in [2.24, 2.45) is 0 Å². The van der Waals surface area contributed by atoms with Crippen molar-refractivity contribution in [3.8, 4) is 5.75 Å². The zero-order valence-electron chi connectivity index (χ0n) is 12.6. The Morgan fingerprint density at radius 3 is 2.96 bits per heavy atom. The lowest BCUT2D eigenvalue weighted by molar-refractivity contribution is -0.0497. The number of alkyl halides is 2. The lowest BCUT2D eigenvalue weighted by Crippen LogP contribution is -2.40. The summed E-state index contributed by atoms with van der Waals surface area (Å²) in [7, 11) is 0. The molecular formula is C15H19ClF2N2O3. The second-order valence-corrected chi connectivity index (χ2v) is 5.94. The molecule has 8 heteroatoms. The molecule has 0 radical (unpaired) electrons. The second-order valence-electron chi connectivity index (χ2n) is 5.53. The van der Waals surface area contributed by atoms with Gasteiger partial charge in [-0.25, -0.2) is 4.79 Å². The van der Waals surface area contributed by atoms with Crippen molar-refractivity contribution in [1.29, 1.82) is 0 Å². The van der Waals surface area contributed by atoms with Crippen LogP contribution in [-0.2, 0) is 0 Å². The van der Waals surface area contributed by atoms with Crippen LogP contribution >= 0.6 is 11.6 Å². The first-order chi connectivity index (χ1) is 10.9. The molecule has 1 heterocycles. The number of hydrogen-bond donors (Lipinski definition) is 2. The lowest BCUT2D eigenvalue weighted by Gasteiger charge is -2.26. The maximum atomic E-state index is 12.3. The Bertz CT molecular complexity index is 558. The first-order valence-electron chi connectivity index (χ1n) is 7.37. The quantitative estimate of drug-likeness (QED) is 0.852. The van der Waals surface area contributed by atoms with E-state index in [9.17, 15) is 18.7 Å². The molecule has 2 rings (SSSR count). The van der Waals surface area contributed by atoms with Gasteiger partial charge >= 0.3 is 12.6 Å². The van der Waals surface area contributed by atoms with Gasteiger partial charge in [0.1, 0.15) is 5.75 Å². The van der Waals surface area contributed by atoms with Crippen molar-refractivity contribution in [2.75, 3.05) is 11.9 Å². The van der Waals surface area contributed by atoms with Gasteiger partial charge in [0.15, 0.2) is 0 Å². The number of aliphatic hydroxyl groups excluding tert-OH is 1. The predicted octanol–water partition coefficient (Wildman–Crippen LogP) is 3.71. The molecule has 0 spiro atoms. The van der Waals surface area contributed by atoms with Gasteiger partial charge < -0.3 is 20.1 Å². The normalized spacial score (nSPS) is 19.0. The number of urea groups is 1. The SMILES string of the molecule is C[C@H](O)C[C@H]1CCCN1C(=O)Nc1ccc(Cl)c(OC(F)F)c1. The van der Waals surface area contributed by atoms with E-state index >= 15 is 0 Å². The summed E-state index contributed by atoms with van der Waals surface area (Å²) in [5, 5.41) is 12.2. The highest BCUT2D eigenvalue weighted by molar-refractivity contribution is 6.32. The number of likely N-dealkylation sites (tertiary alicyclic amines) is 1. The number of benzene rings is 1. The third kappa shape index (κ3) is 4.94. The Morgan fingerprint density at radius 1 is 1.57 bits per heavy atom. The Balaban J connectivity index is 2.05. The monoisotopic (exact) mass is 348 g/mol. The summed E-state index contributed by atoms with van der Waals surface area (Å²) in [5.41, 5.74) is 0.317. The number of halogens is 3. The van der Waals surface area contributed by atoms with Gasteiger partial charge in [-0.15, -0.1) is 0 Å². The predicted molar refractivity (Wildman–Crippen MR) is 83.1 cm³/mol. The van der Waals surface area contributed by atoms with Crippen LogP contribution < -0.4 is 10.1 Å². The van der Waals surface area contributed by atoms with Gasteiger partial charge in [0.25, 0.3) is 0 Å². The van der Waals surface area contributed by atoms with Crippen LogP contribution in [0.3, 0.4) is 0 Å². The summed E-state index contributed by atoms with van der Waals surface area (Å²) in [6, 6.07) is 3.79. The van der Waals surface area contributed by atoms with Gasteiger partial charge in [0.05, 0.1) is 11.1 Å². The zero-order valence-corrected chi connectivity index (χ0v) is 13.4. The molecule has 0 bridgehead atoms. The van der Waals surface area contributed by atoms with Crippen molar-refractivity contribution in [2.45, 2.75) is 44.9 Å². The Labute approximate surface area is 138 Å². The van der Waals surface area contributed by atoms with E-state index in [0.29, 0.717) is 18.7 Å². The third-order valence-electron chi connectivity index (χ3n) is 3.65. The van der Waals surface area contributed by atoms with E-state index < -0.39 is 12.7 Å². The summed E-state index contributed by atoms with van der Waals surface area (Å²) in [4.78, 5) is 14.0. The minimum absolute atomic E-state index is 0.0286. The average molecular weight is 349 g/mol. The number of ether oxygens (including phenoxy) is 1. The summed E-state index contributed by atoms with van der Waals surface area (Å²) < 4.78 is 28.9. The van der Waals surface area contributed by atoms with Crippen molar-refractivity contribution in [3.05, 3.63) is 23.2 Å². The van der Waals surface area contributed by atoms with Crippen LogP contribution in [0.5, 0.6) is 5.75 Å². The number of carbonyl (C=O) groups excluding carboxylic acids is 1. The largest absolute Gasteiger partial charge is 0.433 e. The third-order valence-corrected chi connectivity index (χ3v) is 3.96. The molecule has 1 saturated heterocycles. The summed E-state index contributed by atoms with van der Waals surface area (Å²) in [5.74, 6) is -0.193. The van der Waals surface area contributed by atoms with Gasteiger partial charge in [-0.05, 0) is 38.3 Å². The molecule has 0 aliphatic carbocycles. The molecule has 1 aliphatic rings. The number of hydrogen-bond acceptors (Lipinski definition) is 3. The highest BCUT2D eigenvalue weighted by atomic mass is 35.5. The van der Waals surface area contributed by atoms with Crippen LogP contribution in [0.4, 0.5) is 19.3 Å². The van der Waals surface area contributed by atoms with Crippen LogP contribution in [0.25, 0.3) is 0 Å². The summed E-state index contributed by atoms with van der Waals surface area (Å²) in [6.45, 7) is -0.717. The number of aliphatic hydroxyl groups is 1. The molecule has 23 heavy (non-hydrogen) atoms. The Morgan fingerprint density at radius 2 is 2.30 bits per heavy atom. The molecule has 0 aromatic heterocycles. The van der Waals surface area contributed by atoms with Crippen LogP contribution in [0.1, 0.15) is 26.2 Å². The fourth-order valence-corrected chi connectivity index (χ4v) is 2.87. The summed E-state index contributed by atoms with van der Waals surface area (Å²) >= 11 is 5.78. The van der Waals surface area contributed by atoms with Gasteiger partial charge in [-0.3, -0.25) is 0 Å². The molecule has 128 valence electrons. The van der Waals surface area contributed by atoms with Crippen molar-refractivity contribution in [3.63, 3.8) is 0 Å². The highest BCUT2D eigenvalue weighted by Crippen LogP contribution is 2.30. The lowest BCUT2D eigenvalue weighted by atomic mass is 10.1. The molecule has 1 aromatic carbocycles. The molecule has 1 aromatic rings. The first-order valence-corrected chi connectivity index (χ1v) is 7.74. The molecule has 0 unspecified atom stereocenters. The first kappa shape index (κ1) is 17.7. The fourth-order valence-electron chi connectivity index (χ4n) is 2.70. The molecular weight excluding hydrogens is 330 g/mol. The number of nitrogens with zero attached hydrogens (tertiary/aromatic N) is 1. The fraction of sp³-hybridized carbons (Fsp3) is 0.533. The Kier molecular flexibility index (Phi) is 6.01. The number of anilines is 1. The van der Waals surface area contributed by atoms with E-state index in [1.807, 2.05) is 0 Å². The van der Waals surface area contributed by atoms with E-state index in [2.05, 4.69) is 10.1 Å². The molecule has 5 nitrogen and oxygen atoms in total. The van der Waals surface area contributed by atoms with Crippen LogP contribution in [0.2, 0.25) is 5.02 Å². The maximum absolute atomic E-state index is 12.3. The minimum Gasteiger partial charge on any atom is -0.433 e. The minimum atomic E-state index is -2.99. The second kappa shape index (κ2) is 7.79.